The van der Waals surface area contributed by atoms with Gasteiger partial charge in [-0.3, -0.25) is 4.79 Å². The third kappa shape index (κ3) is 3.42. The monoisotopic (exact) mass is 330 g/mol. The van der Waals surface area contributed by atoms with Crippen molar-refractivity contribution in [1.29, 1.82) is 0 Å². The molecule has 2 N–H and O–H groups in total. The van der Waals surface area contributed by atoms with Crippen molar-refractivity contribution < 1.29 is 19.1 Å². The van der Waals surface area contributed by atoms with Gasteiger partial charge in [0.05, 0.1) is 31.5 Å². The molecule has 2 rings (SSSR count). The fourth-order valence-corrected chi connectivity index (χ4v) is 2.62. The molecule has 0 saturated carbocycles. The van der Waals surface area contributed by atoms with Crippen molar-refractivity contribution >= 4 is 17.4 Å². The number of anilines is 1. The van der Waals surface area contributed by atoms with E-state index in [9.17, 15) is 9.59 Å². The Hall–Kier alpha value is -2.76. The molecule has 1 atom stereocenters. The maximum absolute atomic E-state index is 12.7. The molecule has 0 saturated heterocycles. The number of hydrogen-bond donors (Lipinski definition) is 2. The van der Waals surface area contributed by atoms with Crippen molar-refractivity contribution in [2.75, 3.05) is 19.5 Å². The van der Waals surface area contributed by atoms with Crippen LogP contribution in [0.5, 0.6) is 5.75 Å². The van der Waals surface area contributed by atoms with Crippen LogP contribution in [-0.4, -0.2) is 37.0 Å². The summed E-state index contributed by atoms with van der Waals surface area (Å²) in [6.45, 7) is 5.26. The van der Waals surface area contributed by atoms with Gasteiger partial charge in [-0.05, 0) is 50.6 Å². The Bertz CT molecular complexity index is 747. The number of benzene rings is 1. The number of methoxy groups -OCH3 is 2. The van der Waals surface area contributed by atoms with Crippen LogP contribution in [0, 0.1) is 13.8 Å². The minimum absolute atomic E-state index is 0.124. The number of hydrogen-bond acceptors (Lipinski definition) is 5. The van der Waals surface area contributed by atoms with Crippen LogP contribution in [0.3, 0.4) is 0 Å². The minimum atomic E-state index is -0.458. The van der Waals surface area contributed by atoms with E-state index in [2.05, 4.69) is 10.3 Å². The van der Waals surface area contributed by atoms with Gasteiger partial charge >= 0.3 is 5.97 Å². The van der Waals surface area contributed by atoms with E-state index in [0.717, 1.165) is 11.4 Å². The van der Waals surface area contributed by atoms with Gasteiger partial charge in [-0.1, -0.05) is 0 Å². The predicted molar refractivity (Wildman–Crippen MR) is 92.0 cm³/mol. The van der Waals surface area contributed by atoms with E-state index in [1.54, 1.807) is 27.9 Å². The van der Waals surface area contributed by atoms with Gasteiger partial charge in [0.25, 0.3) is 0 Å². The second-order valence-electron chi connectivity index (χ2n) is 5.58. The summed E-state index contributed by atoms with van der Waals surface area (Å²) in [6, 6.07) is 6.86. The van der Waals surface area contributed by atoms with Gasteiger partial charge in [-0.25, -0.2) is 4.79 Å². The number of nitrogens with one attached hydrogen (secondary N) is 2. The number of aromatic nitrogens is 1. The van der Waals surface area contributed by atoms with Crippen molar-refractivity contribution in [2.24, 2.45) is 0 Å². The van der Waals surface area contributed by atoms with Crippen LogP contribution in [0.1, 0.15) is 39.0 Å². The van der Waals surface area contributed by atoms with Crippen molar-refractivity contribution in [3.05, 3.63) is 46.8 Å². The highest BCUT2D eigenvalue weighted by Crippen LogP contribution is 2.22. The zero-order chi connectivity index (χ0) is 17.9. The van der Waals surface area contributed by atoms with Gasteiger partial charge in [0, 0.05) is 11.4 Å². The molecule has 128 valence electrons. The fraction of sp³-hybridized carbons (Fsp3) is 0.333. The van der Waals surface area contributed by atoms with Gasteiger partial charge in [0.1, 0.15) is 5.75 Å². The third-order valence-corrected chi connectivity index (χ3v) is 3.94. The van der Waals surface area contributed by atoms with Crippen molar-refractivity contribution in [3.8, 4) is 5.75 Å². The highest BCUT2D eigenvalue weighted by Gasteiger charge is 2.25. The molecule has 0 fully saturated rings. The summed E-state index contributed by atoms with van der Waals surface area (Å²) in [4.78, 5) is 27.5. The van der Waals surface area contributed by atoms with Gasteiger partial charge in [-0.15, -0.1) is 0 Å². The van der Waals surface area contributed by atoms with E-state index in [4.69, 9.17) is 9.47 Å². The fourth-order valence-electron chi connectivity index (χ4n) is 2.62. The Morgan fingerprint density at radius 3 is 2.29 bits per heavy atom. The zero-order valence-electron chi connectivity index (χ0n) is 14.5. The number of esters is 1. The number of H-pyrrole nitrogens is 1. The molecule has 0 bridgehead atoms. The summed E-state index contributed by atoms with van der Waals surface area (Å²) in [7, 11) is 2.92. The molecular formula is C18H22N2O4. The average Bonchev–Trinajstić information content (AvgIpc) is 2.88. The number of rotatable bonds is 6. The molecule has 2 aromatic rings. The van der Waals surface area contributed by atoms with E-state index in [1.807, 2.05) is 24.3 Å². The van der Waals surface area contributed by atoms with Gasteiger partial charge < -0.3 is 19.8 Å². The number of carbonyl (C=O) groups excluding carboxylic acids is 2. The first kappa shape index (κ1) is 17.6. The molecule has 0 spiro atoms. The van der Waals surface area contributed by atoms with Crippen LogP contribution in [0.2, 0.25) is 0 Å². The summed E-state index contributed by atoms with van der Waals surface area (Å²) in [5, 5.41) is 3.15. The van der Waals surface area contributed by atoms with E-state index < -0.39 is 12.0 Å². The molecule has 0 radical (unpaired) electrons. The lowest BCUT2D eigenvalue weighted by Crippen LogP contribution is -2.27. The lowest BCUT2D eigenvalue weighted by atomic mass is 10.0. The molecule has 1 aromatic carbocycles. The third-order valence-electron chi connectivity index (χ3n) is 3.94. The molecule has 24 heavy (non-hydrogen) atoms. The largest absolute Gasteiger partial charge is 0.497 e. The topological polar surface area (TPSA) is 80.4 Å². The number of ether oxygens (including phenoxy) is 2. The first-order chi connectivity index (χ1) is 11.4. The van der Waals surface area contributed by atoms with Crippen LogP contribution >= 0.6 is 0 Å². The summed E-state index contributed by atoms with van der Waals surface area (Å²) in [6.07, 6.45) is 0. The summed E-state index contributed by atoms with van der Waals surface area (Å²) >= 11 is 0. The molecule has 0 amide bonds. The number of Topliss-reactive ketones (excluding diaryl/α,β-unsaturated/α-hetero) is 1. The van der Waals surface area contributed by atoms with E-state index in [-0.39, 0.29) is 5.78 Å². The molecule has 0 aliphatic heterocycles. The summed E-state index contributed by atoms with van der Waals surface area (Å²) < 4.78 is 9.88. The van der Waals surface area contributed by atoms with Crippen LogP contribution in [-0.2, 0) is 4.74 Å². The Morgan fingerprint density at radius 1 is 1.12 bits per heavy atom. The first-order valence-corrected chi connectivity index (χ1v) is 7.61. The lowest BCUT2D eigenvalue weighted by molar-refractivity contribution is 0.0599. The van der Waals surface area contributed by atoms with Gasteiger partial charge in [0.15, 0.2) is 0 Å². The Kier molecular flexibility index (Phi) is 5.28. The molecule has 0 aliphatic rings. The van der Waals surface area contributed by atoms with E-state index >= 15 is 0 Å². The average molecular weight is 330 g/mol. The molecule has 1 aromatic heterocycles. The number of aryl methyl sites for hydroxylation is 1. The van der Waals surface area contributed by atoms with Crippen molar-refractivity contribution in [3.63, 3.8) is 0 Å². The first-order valence-electron chi connectivity index (χ1n) is 7.61. The second kappa shape index (κ2) is 7.21. The molecule has 6 nitrogen and oxygen atoms in total. The van der Waals surface area contributed by atoms with Crippen LogP contribution in [0.4, 0.5) is 5.69 Å². The molecule has 6 heteroatoms. The zero-order valence-corrected chi connectivity index (χ0v) is 14.5. The Balaban J connectivity index is 2.20. The van der Waals surface area contributed by atoms with Crippen LogP contribution in [0.15, 0.2) is 24.3 Å². The number of ketones is 1. The second-order valence-corrected chi connectivity index (χ2v) is 5.58. The Morgan fingerprint density at radius 2 is 1.75 bits per heavy atom. The van der Waals surface area contributed by atoms with Crippen LogP contribution < -0.4 is 10.1 Å². The van der Waals surface area contributed by atoms with Gasteiger partial charge in [0.2, 0.25) is 5.78 Å². The summed E-state index contributed by atoms with van der Waals surface area (Å²) in [5.74, 6) is 0.177. The highest BCUT2D eigenvalue weighted by molar-refractivity contribution is 6.04. The SMILES string of the molecule is COC(=O)c1c(C)[nH]c(C(=O)C(C)Nc2ccc(OC)cc2)c1C. The maximum atomic E-state index is 12.7. The number of aromatic amines is 1. The summed E-state index contributed by atoms with van der Waals surface area (Å²) in [5.41, 5.74) is 2.87. The van der Waals surface area contributed by atoms with E-state index in [0.29, 0.717) is 22.5 Å². The predicted octanol–water partition coefficient (Wildman–Crippen LogP) is 3.11. The lowest BCUT2D eigenvalue weighted by Gasteiger charge is -2.14. The minimum Gasteiger partial charge on any atom is -0.497 e. The van der Waals surface area contributed by atoms with Gasteiger partial charge in [-0.2, -0.15) is 0 Å². The quantitative estimate of drug-likeness (QED) is 0.628. The number of carbonyl (C=O) groups is 2. The van der Waals surface area contributed by atoms with Crippen molar-refractivity contribution in [2.45, 2.75) is 26.8 Å². The normalized spacial score (nSPS) is 11.7. The highest BCUT2D eigenvalue weighted by atomic mass is 16.5. The maximum Gasteiger partial charge on any atom is 0.339 e. The van der Waals surface area contributed by atoms with Crippen molar-refractivity contribution in [1.82, 2.24) is 4.98 Å². The Labute approximate surface area is 141 Å². The smallest absolute Gasteiger partial charge is 0.339 e. The van der Waals surface area contributed by atoms with Crippen LogP contribution in [0.25, 0.3) is 0 Å². The molecule has 1 unspecified atom stereocenters. The molecule has 1 heterocycles. The van der Waals surface area contributed by atoms with E-state index in [1.165, 1.54) is 7.11 Å². The molecular weight excluding hydrogens is 308 g/mol. The standard InChI is InChI=1S/C18H22N2O4/c1-10-15(18(22)24-5)11(2)20-16(10)17(21)12(3)19-13-6-8-14(23-4)9-7-13/h6-9,12,19-20H,1-5H3. The molecule has 0 aliphatic carbocycles.